The first-order valence-electron chi connectivity index (χ1n) is 4.99. The minimum absolute atomic E-state index is 0.258. The molecule has 0 radical (unpaired) electrons. The summed E-state index contributed by atoms with van der Waals surface area (Å²) in [7, 11) is 0. The van der Waals surface area contributed by atoms with Crippen molar-refractivity contribution >= 4 is 17.3 Å². The van der Waals surface area contributed by atoms with Gasteiger partial charge in [0.1, 0.15) is 5.60 Å². The van der Waals surface area contributed by atoms with Gasteiger partial charge in [-0.05, 0) is 32.9 Å². The van der Waals surface area contributed by atoms with Crippen molar-refractivity contribution in [3.05, 3.63) is 21.9 Å². The minimum atomic E-state index is -0.453. The van der Waals surface area contributed by atoms with E-state index in [1.54, 1.807) is 18.3 Å². The maximum absolute atomic E-state index is 11.5. The van der Waals surface area contributed by atoms with E-state index in [-0.39, 0.29) is 5.97 Å². The number of aryl methyl sites for hydroxylation is 1. The summed E-state index contributed by atoms with van der Waals surface area (Å²) in [5, 5.41) is 0. The van der Waals surface area contributed by atoms with Gasteiger partial charge in [-0.1, -0.05) is 0 Å². The first kappa shape index (κ1) is 10.6. The van der Waals surface area contributed by atoms with E-state index < -0.39 is 11.7 Å². The third kappa shape index (κ3) is 1.79. The summed E-state index contributed by atoms with van der Waals surface area (Å²) in [6, 6.07) is 4.05. The Morgan fingerprint density at radius 1 is 1.67 bits per heavy atom. The predicted octanol–water partition coefficient (Wildman–Crippen LogP) is 2.23. The lowest BCUT2D eigenvalue weighted by molar-refractivity contribution is -0.144. The van der Waals surface area contributed by atoms with Gasteiger partial charge in [0.25, 0.3) is 0 Å². The Hall–Kier alpha value is -0.870. The normalized spacial score (nSPS) is 28.9. The maximum Gasteiger partial charge on any atom is 0.338 e. The molecule has 1 aliphatic heterocycles. The number of epoxide rings is 1. The van der Waals surface area contributed by atoms with Crippen LogP contribution in [0.25, 0.3) is 0 Å². The molecule has 1 fully saturated rings. The number of hydrogen-bond donors (Lipinski definition) is 0. The molecule has 3 nitrogen and oxygen atoms in total. The van der Waals surface area contributed by atoms with Crippen molar-refractivity contribution in [3.63, 3.8) is 0 Å². The van der Waals surface area contributed by atoms with Gasteiger partial charge in [0.2, 0.25) is 0 Å². The smallest absolute Gasteiger partial charge is 0.338 e. The predicted molar refractivity (Wildman–Crippen MR) is 57.9 cm³/mol. The van der Waals surface area contributed by atoms with Gasteiger partial charge in [-0.2, -0.15) is 0 Å². The summed E-state index contributed by atoms with van der Waals surface area (Å²) >= 11 is 1.66. The molecular formula is C11H14O3S. The first-order chi connectivity index (χ1) is 7.08. The van der Waals surface area contributed by atoms with Gasteiger partial charge >= 0.3 is 5.97 Å². The first-order valence-corrected chi connectivity index (χ1v) is 5.81. The fourth-order valence-electron chi connectivity index (χ4n) is 1.59. The lowest BCUT2D eigenvalue weighted by atomic mass is 10.1. The monoisotopic (exact) mass is 226 g/mol. The number of esters is 1. The van der Waals surface area contributed by atoms with Crippen molar-refractivity contribution in [2.45, 2.75) is 32.5 Å². The van der Waals surface area contributed by atoms with E-state index >= 15 is 0 Å². The molecule has 0 amide bonds. The molecule has 1 aliphatic rings. The van der Waals surface area contributed by atoms with Gasteiger partial charge in [0.15, 0.2) is 6.10 Å². The second kappa shape index (κ2) is 3.61. The van der Waals surface area contributed by atoms with E-state index in [4.69, 9.17) is 9.47 Å². The van der Waals surface area contributed by atoms with Gasteiger partial charge < -0.3 is 9.47 Å². The Balaban J connectivity index is 2.09. The molecule has 82 valence electrons. The van der Waals surface area contributed by atoms with Crippen molar-refractivity contribution in [2.75, 3.05) is 6.61 Å². The lowest BCUT2D eigenvalue weighted by Crippen LogP contribution is -2.18. The summed E-state index contributed by atoms with van der Waals surface area (Å²) < 4.78 is 10.4. The lowest BCUT2D eigenvalue weighted by Gasteiger charge is -2.02. The third-order valence-electron chi connectivity index (χ3n) is 2.54. The zero-order chi connectivity index (χ0) is 11.1. The Bertz CT molecular complexity index is 385. The fraction of sp³-hybridized carbons (Fsp3) is 0.545. The van der Waals surface area contributed by atoms with Crippen LogP contribution in [0.5, 0.6) is 0 Å². The highest BCUT2D eigenvalue weighted by atomic mass is 32.1. The highest BCUT2D eigenvalue weighted by Crippen LogP contribution is 2.48. The highest BCUT2D eigenvalue weighted by Gasteiger charge is 2.60. The molecule has 0 spiro atoms. The van der Waals surface area contributed by atoms with Crippen molar-refractivity contribution in [2.24, 2.45) is 0 Å². The van der Waals surface area contributed by atoms with E-state index in [2.05, 4.69) is 0 Å². The molecule has 1 aromatic heterocycles. The molecule has 0 N–H and O–H groups in total. The van der Waals surface area contributed by atoms with E-state index in [1.807, 2.05) is 26.0 Å². The standard InChI is InChI=1S/C11H14O3S/c1-4-13-10(12)9-11(3,14-9)8-6-5-7(2)15-8/h5-6,9H,4H2,1-3H3. The Kier molecular flexibility index (Phi) is 2.56. The molecule has 0 bridgehead atoms. The van der Waals surface area contributed by atoms with Gasteiger partial charge in [-0.3, -0.25) is 0 Å². The summed E-state index contributed by atoms with van der Waals surface area (Å²) in [6.45, 7) is 6.17. The van der Waals surface area contributed by atoms with Crippen LogP contribution in [0.15, 0.2) is 12.1 Å². The number of hydrogen-bond acceptors (Lipinski definition) is 4. The zero-order valence-corrected chi connectivity index (χ0v) is 9.89. The molecule has 1 saturated heterocycles. The number of ether oxygens (including phenoxy) is 2. The largest absolute Gasteiger partial charge is 0.464 e. The number of rotatable bonds is 3. The van der Waals surface area contributed by atoms with Crippen LogP contribution in [0.4, 0.5) is 0 Å². The molecule has 0 aliphatic carbocycles. The van der Waals surface area contributed by atoms with Crippen LogP contribution in [0.1, 0.15) is 23.6 Å². The van der Waals surface area contributed by atoms with Crippen LogP contribution in [0.3, 0.4) is 0 Å². The number of carbonyl (C=O) groups is 1. The van der Waals surface area contributed by atoms with Crippen molar-refractivity contribution in [1.29, 1.82) is 0 Å². The molecule has 0 saturated carbocycles. The van der Waals surface area contributed by atoms with E-state index in [0.717, 1.165) is 4.88 Å². The topological polar surface area (TPSA) is 38.8 Å². The highest BCUT2D eigenvalue weighted by molar-refractivity contribution is 7.12. The summed E-state index contributed by atoms with van der Waals surface area (Å²) in [5.41, 5.74) is -0.453. The molecule has 4 heteroatoms. The maximum atomic E-state index is 11.5. The number of carbonyl (C=O) groups excluding carboxylic acids is 1. The van der Waals surface area contributed by atoms with Crippen molar-refractivity contribution in [1.82, 2.24) is 0 Å². The second-order valence-electron chi connectivity index (χ2n) is 3.77. The molecule has 1 aromatic rings. The minimum Gasteiger partial charge on any atom is -0.464 e. The molecule has 15 heavy (non-hydrogen) atoms. The Morgan fingerprint density at radius 3 is 2.93 bits per heavy atom. The third-order valence-corrected chi connectivity index (χ3v) is 3.76. The van der Waals surface area contributed by atoms with Crippen molar-refractivity contribution in [3.8, 4) is 0 Å². The van der Waals surface area contributed by atoms with Crippen molar-refractivity contribution < 1.29 is 14.3 Å². The number of thiophene rings is 1. The average molecular weight is 226 g/mol. The van der Waals surface area contributed by atoms with Crippen LogP contribution in [0, 0.1) is 6.92 Å². The summed E-state index contributed by atoms with van der Waals surface area (Å²) in [4.78, 5) is 13.8. The van der Waals surface area contributed by atoms with Gasteiger partial charge in [-0.25, -0.2) is 4.79 Å². The Morgan fingerprint density at radius 2 is 2.40 bits per heavy atom. The molecule has 2 heterocycles. The second-order valence-corrected chi connectivity index (χ2v) is 5.06. The Labute approximate surface area is 93.0 Å². The van der Waals surface area contributed by atoms with Crippen LogP contribution < -0.4 is 0 Å². The van der Waals surface area contributed by atoms with Crippen LogP contribution >= 0.6 is 11.3 Å². The van der Waals surface area contributed by atoms with Crippen LogP contribution in [0.2, 0.25) is 0 Å². The zero-order valence-electron chi connectivity index (χ0n) is 9.07. The van der Waals surface area contributed by atoms with Gasteiger partial charge in [0.05, 0.1) is 6.61 Å². The van der Waals surface area contributed by atoms with Crippen LogP contribution in [-0.2, 0) is 19.9 Å². The molecule has 2 rings (SSSR count). The molecule has 2 atom stereocenters. The van der Waals surface area contributed by atoms with E-state index in [9.17, 15) is 4.79 Å². The van der Waals surface area contributed by atoms with E-state index in [1.165, 1.54) is 4.88 Å². The van der Waals surface area contributed by atoms with Gasteiger partial charge in [0, 0.05) is 9.75 Å². The van der Waals surface area contributed by atoms with E-state index in [0.29, 0.717) is 6.61 Å². The summed E-state index contributed by atoms with van der Waals surface area (Å²) in [5.74, 6) is -0.258. The van der Waals surface area contributed by atoms with Crippen LogP contribution in [-0.4, -0.2) is 18.7 Å². The van der Waals surface area contributed by atoms with Gasteiger partial charge in [-0.15, -0.1) is 11.3 Å². The molecule has 0 aromatic carbocycles. The fourth-order valence-corrected chi connectivity index (χ4v) is 2.57. The molecular weight excluding hydrogens is 212 g/mol. The average Bonchev–Trinajstić information content (AvgIpc) is 2.67. The summed E-state index contributed by atoms with van der Waals surface area (Å²) in [6.07, 6.45) is -0.421. The quantitative estimate of drug-likeness (QED) is 0.586. The molecule has 2 unspecified atom stereocenters. The SMILES string of the molecule is CCOC(=O)C1OC1(C)c1ccc(C)s1.